The fraction of sp³-hybridized carbons (Fsp3) is 0.318. The summed E-state index contributed by atoms with van der Waals surface area (Å²) >= 11 is 0. The zero-order chi connectivity index (χ0) is 23.0. The second-order valence-corrected chi connectivity index (χ2v) is 7.70. The van der Waals surface area contributed by atoms with Crippen LogP contribution in [0.3, 0.4) is 0 Å². The van der Waals surface area contributed by atoms with Gasteiger partial charge in [-0.1, -0.05) is 13.3 Å². The van der Waals surface area contributed by atoms with E-state index >= 15 is 0 Å². The molecule has 10 heteroatoms. The highest BCUT2D eigenvalue weighted by atomic mass is 19.1. The fourth-order valence-electron chi connectivity index (χ4n) is 3.86. The number of rotatable bonds is 3. The van der Waals surface area contributed by atoms with E-state index in [0.717, 1.165) is 12.8 Å². The number of nitrogens with zero attached hydrogens (tertiary/aromatic N) is 7. The van der Waals surface area contributed by atoms with Crippen LogP contribution < -0.4 is 10.6 Å². The molecule has 2 N–H and O–H groups in total. The molecule has 3 heterocycles. The molecule has 32 heavy (non-hydrogen) atoms. The molecule has 0 aliphatic carbocycles. The molecule has 0 saturated carbocycles. The first-order valence-electron chi connectivity index (χ1n) is 10.3. The number of carbonyl (C=O) groups is 1. The number of carbonyl (C=O) groups excluding carboxylic acids is 1. The molecule has 1 aliphatic rings. The molecule has 4 rings (SSSR count). The summed E-state index contributed by atoms with van der Waals surface area (Å²) in [5.41, 5.74) is 8.61. The maximum Gasteiger partial charge on any atom is 0.256 e. The van der Waals surface area contributed by atoms with Gasteiger partial charge in [0.1, 0.15) is 17.6 Å². The number of nitrogens with two attached hydrogens (primary N) is 1. The Bertz CT molecular complexity index is 1250. The van der Waals surface area contributed by atoms with Crippen LogP contribution in [0.25, 0.3) is 11.3 Å². The van der Waals surface area contributed by atoms with Crippen molar-refractivity contribution in [1.82, 2.24) is 24.6 Å². The summed E-state index contributed by atoms with van der Waals surface area (Å²) in [5.74, 6) is -0.336. The summed E-state index contributed by atoms with van der Waals surface area (Å²) in [5, 5.41) is 14.2. The Morgan fingerprint density at radius 2 is 2.09 bits per heavy atom. The number of hydrogen-bond donors (Lipinski definition) is 1. The average molecular weight is 434 g/mol. The molecule has 2 bridgehead atoms. The van der Waals surface area contributed by atoms with Crippen molar-refractivity contribution in [2.24, 2.45) is 7.05 Å². The van der Waals surface area contributed by atoms with Crippen LogP contribution in [0.5, 0.6) is 0 Å². The van der Waals surface area contributed by atoms with Gasteiger partial charge in [0.15, 0.2) is 11.6 Å². The minimum Gasteiger partial charge on any atom is -0.381 e. The van der Waals surface area contributed by atoms with Crippen LogP contribution in [0, 0.1) is 17.1 Å². The van der Waals surface area contributed by atoms with Crippen LogP contribution >= 0.6 is 0 Å². The Kier molecular flexibility index (Phi) is 5.48. The third-order valence-corrected chi connectivity index (χ3v) is 5.47. The van der Waals surface area contributed by atoms with Crippen molar-refractivity contribution in [2.75, 3.05) is 24.2 Å². The van der Waals surface area contributed by atoms with E-state index < -0.39 is 5.82 Å². The number of aromatic nitrogens is 4. The number of anilines is 3. The Morgan fingerprint density at radius 1 is 1.31 bits per heavy atom. The third-order valence-electron chi connectivity index (χ3n) is 5.47. The van der Waals surface area contributed by atoms with E-state index in [1.807, 2.05) is 6.92 Å². The van der Waals surface area contributed by atoms with E-state index in [-0.39, 0.29) is 18.3 Å². The molecule has 1 aromatic carbocycles. The van der Waals surface area contributed by atoms with Crippen molar-refractivity contribution < 1.29 is 9.18 Å². The van der Waals surface area contributed by atoms with E-state index in [4.69, 9.17) is 10.7 Å². The standard InChI is InChI=1S/C22H23FN8O/c1-4-5-8-31-17-9-13(23)6-7-14(17)22(32)29(2)12-16-19(18(10-24)30(3)28-16)15-11-26-20(25)21(31)27-15/h6-7,9,11H,4-5,8,12H2,1-3H3,(H2,25,26). The number of halogens is 1. The van der Waals surface area contributed by atoms with Gasteiger partial charge in [0, 0.05) is 20.6 Å². The third kappa shape index (κ3) is 3.51. The van der Waals surface area contributed by atoms with Crippen molar-refractivity contribution >= 4 is 23.2 Å². The predicted molar refractivity (Wildman–Crippen MR) is 117 cm³/mol. The molecule has 164 valence electrons. The number of unbranched alkanes of at least 4 members (excludes halogenated alkanes) is 1. The SMILES string of the molecule is CCCCN1c2cc(F)ccc2C(=O)N(C)Cc2nn(C)c(C#N)c2-c2cnc(N)c1n2. The van der Waals surface area contributed by atoms with Gasteiger partial charge < -0.3 is 15.5 Å². The number of amides is 1. The first-order chi connectivity index (χ1) is 15.3. The van der Waals surface area contributed by atoms with Crippen LogP contribution in [-0.4, -0.2) is 44.1 Å². The highest BCUT2D eigenvalue weighted by molar-refractivity contribution is 6.01. The molecule has 0 spiro atoms. The van der Waals surface area contributed by atoms with Crippen molar-refractivity contribution in [3.8, 4) is 17.3 Å². The molecule has 0 radical (unpaired) electrons. The zero-order valence-electron chi connectivity index (χ0n) is 18.1. The van der Waals surface area contributed by atoms with E-state index in [1.54, 1.807) is 19.0 Å². The summed E-state index contributed by atoms with van der Waals surface area (Å²) in [6.45, 7) is 2.62. The lowest BCUT2D eigenvalue weighted by Gasteiger charge is -2.27. The highest BCUT2D eigenvalue weighted by Crippen LogP contribution is 2.36. The minimum absolute atomic E-state index is 0.136. The van der Waals surface area contributed by atoms with Crippen molar-refractivity contribution in [3.63, 3.8) is 0 Å². The lowest BCUT2D eigenvalue weighted by atomic mass is 10.1. The fourth-order valence-corrected chi connectivity index (χ4v) is 3.86. The van der Waals surface area contributed by atoms with Gasteiger partial charge in [-0.2, -0.15) is 10.4 Å². The molecule has 3 aromatic rings. The largest absolute Gasteiger partial charge is 0.381 e. The van der Waals surface area contributed by atoms with Gasteiger partial charge in [-0.25, -0.2) is 14.4 Å². The van der Waals surface area contributed by atoms with Gasteiger partial charge in [-0.3, -0.25) is 9.48 Å². The second kappa shape index (κ2) is 8.26. The quantitative estimate of drug-likeness (QED) is 0.673. The average Bonchev–Trinajstić information content (AvgIpc) is 3.08. The maximum absolute atomic E-state index is 14.3. The van der Waals surface area contributed by atoms with Crippen molar-refractivity contribution in [1.29, 1.82) is 5.26 Å². The van der Waals surface area contributed by atoms with Gasteiger partial charge in [0.25, 0.3) is 5.91 Å². The van der Waals surface area contributed by atoms with Gasteiger partial charge >= 0.3 is 0 Å². The number of fused-ring (bicyclic) bond motifs is 5. The van der Waals surface area contributed by atoms with Crippen molar-refractivity contribution in [2.45, 2.75) is 26.3 Å². The van der Waals surface area contributed by atoms with E-state index in [1.165, 1.54) is 34.0 Å². The molecule has 0 fully saturated rings. The number of nitriles is 1. The first-order valence-corrected chi connectivity index (χ1v) is 10.3. The summed E-state index contributed by atoms with van der Waals surface area (Å²) in [4.78, 5) is 25.7. The summed E-state index contributed by atoms with van der Waals surface area (Å²) in [6.07, 6.45) is 3.12. The van der Waals surface area contributed by atoms with Crippen LogP contribution in [-0.2, 0) is 13.6 Å². The van der Waals surface area contributed by atoms with Gasteiger partial charge in [-0.05, 0) is 24.6 Å². The normalized spacial score (nSPS) is 13.3. The molecule has 9 nitrogen and oxygen atoms in total. The second-order valence-electron chi connectivity index (χ2n) is 7.70. The zero-order valence-corrected chi connectivity index (χ0v) is 18.1. The van der Waals surface area contributed by atoms with Crippen LogP contribution in [0.15, 0.2) is 24.4 Å². The number of nitrogen functional groups attached to an aromatic ring is 1. The van der Waals surface area contributed by atoms with Crippen LogP contribution in [0.1, 0.15) is 41.5 Å². The number of aryl methyl sites for hydroxylation is 1. The molecular formula is C22H23FN8O. The Balaban J connectivity index is 2.06. The molecule has 2 aromatic heterocycles. The lowest BCUT2D eigenvalue weighted by molar-refractivity contribution is 0.0784. The van der Waals surface area contributed by atoms with Crippen molar-refractivity contribution in [3.05, 3.63) is 47.2 Å². The first kappa shape index (κ1) is 21.2. The molecule has 1 aliphatic heterocycles. The summed E-state index contributed by atoms with van der Waals surface area (Å²) in [7, 11) is 3.31. The molecule has 1 amide bonds. The van der Waals surface area contributed by atoms with Gasteiger partial charge in [-0.15, -0.1) is 0 Å². The maximum atomic E-state index is 14.3. The Labute approximate surface area is 184 Å². The summed E-state index contributed by atoms with van der Waals surface area (Å²) < 4.78 is 15.8. The molecule has 0 atom stereocenters. The monoisotopic (exact) mass is 434 g/mol. The number of benzene rings is 1. The minimum atomic E-state index is -0.476. The predicted octanol–water partition coefficient (Wildman–Crippen LogP) is 2.99. The van der Waals surface area contributed by atoms with Gasteiger partial charge in [0.2, 0.25) is 0 Å². The highest BCUT2D eigenvalue weighted by Gasteiger charge is 2.29. The molecule has 0 unspecified atom stereocenters. The molecular weight excluding hydrogens is 411 g/mol. The molecule has 0 saturated heterocycles. The lowest BCUT2D eigenvalue weighted by Crippen LogP contribution is -2.29. The van der Waals surface area contributed by atoms with E-state index in [9.17, 15) is 14.4 Å². The van der Waals surface area contributed by atoms with Crippen LogP contribution in [0.2, 0.25) is 0 Å². The Morgan fingerprint density at radius 3 is 2.81 bits per heavy atom. The number of hydrogen-bond acceptors (Lipinski definition) is 7. The topological polar surface area (TPSA) is 117 Å². The summed E-state index contributed by atoms with van der Waals surface area (Å²) in [6, 6.07) is 6.20. The smallest absolute Gasteiger partial charge is 0.256 e. The van der Waals surface area contributed by atoms with E-state index in [2.05, 4.69) is 16.2 Å². The Hall–Kier alpha value is -4.00. The van der Waals surface area contributed by atoms with E-state index in [0.29, 0.717) is 46.3 Å². The van der Waals surface area contributed by atoms with Crippen LogP contribution in [0.4, 0.5) is 21.7 Å². The van der Waals surface area contributed by atoms with Gasteiger partial charge in [0.05, 0.1) is 40.9 Å².